The fraction of sp³-hybridized carbons (Fsp3) is 0.0556. The Labute approximate surface area is 127 Å². The average Bonchev–Trinajstić information content (AvgIpc) is 3.12. The molecule has 0 aliphatic carbocycles. The molecule has 2 aromatic carbocycles. The molecule has 0 fully saturated rings. The Hall–Kier alpha value is -3.01. The molecule has 22 heavy (non-hydrogen) atoms. The molecule has 0 atom stereocenters. The van der Waals surface area contributed by atoms with Crippen LogP contribution in [0.1, 0.15) is 10.4 Å². The van der Waals surface area contributed by atoms with E-state index >= 15 is 0 Å². The third-order valence-electron chi connectivity index (χ3n) is 4.10. The van der Waals surface area contributed by atoms with Gasteiger partial charge in [-0.2, -0.15) is 0 Å². The number of aromatic nitrogens is 2. The predicted octanol–water partition coefficient (Wildman–Crippen LogP) is 3.40. The van der Waals surface area contributed by atoms with E-state index in [9.17, 15) is 4.79 Å². The number of carbonyl (C=O) groups is 1. The zero-order valence-electron chi connectivity index (χ0n) is 12.2. The number of aryl methyl sites for hydroxylation is 1. The molecule has 0 saturated heterocycles. The molecule has 2 aromatic heterocycles. The number of fused-ring (bicyclic) bond motifs is 2. The van der Waals surface area contributed by atoms with Gasteiger partial charge in [-0.25, -0.2) is 0 Å². The molecule has 4 rings (SSSR count). The fourth-order valence-corrected chi connectivity index (χ4v) is 2.93. The topological polar surface area (TPSA) is 53.0 Å². The molecule has 0 amide bonds. The van der Waals surface area contributed by atoms with Crippen LogP contribution in [0.2, 0.25) is 0 Å². The first kappa shape index (κ1) is 12.7. The maximum absolute atomic E-state index is 12.8. The van der Waals surface area contributed by atoms with Crippen molar-refractivity contribution in [2.45, 2.75) is 0 Å². The summed E-state index contributed by atoms with van der Waals surface area (Å²) >= 11 is 0. The van der Waals surface area contributed by atoms with Gasteiger partial charge < -0.3 is 10.3 Å². The van der Waals surface area contributed by atoms with Gasteiger partial charge in [0.25, 0.3) is 5.91 Å². The first-order valence-corrected chi connectivity index (χ1v) is 7.10. The van der Waals surface area contributed by atoms with Crippen molar-refractivity contribution in [1.29, 1.82) is 0 Å². The van der Waals surface area contributed by atoms with E-state index in [4.69, 9.17) is 5.73 Å². The highest BCUT2D eigenvalue weighted by molar-refractivity contribution is 6.06. The predicted molar refractivity (Wildman–Crippen MR) is 89.0 cm³/mol. The number of hydrogen-bond acceptors (Lipinski definition) is 2. The number of nitrogen functional groups attached to an aromatic ring is 1. The quantitative estimate of drug-likeness (QED) is 0.546. The Morgan fingerprint density at radius 2 is 1.82 bits per heavy atom. The summed E-state index contributed by atoms with van der Waals surface area (Å²) < 4.78 is 3.63. The van der Waals surface area contributed by atoms with Gasteiger partial charge in [-0.05, 0) is 35.7 Å². The van der Waals surface area contributed by atoms with Crippen molar-refractivity contribution in [1.82, 2.24) is 9.13 Å². The number of hydrogen-bond donors (Lipinski definition) is 1. The molecule has 0 aliphatic heterocycles. The summed E-state index contributed by atoms with van der Waals surface area (Å²) in [7, 11) is 1.97. The van der Waals surface area contributed by atoms with Gasteiger partial charge >= 0.3 is 0 Å². The number of benzene rings is 2. The van der Waals surface area contributed by atoms with E-state index < -0.39 is 0 Å². The Bertz CT molecular complexity index is 1020. The lowest BCUT2D eigenvalue weighted by Crippen LogP contribution is -2.11. The van der Waals surface area contributed by atoms with E-state index in [-0.39, 0.29) is 5.91 Å². The third-order valence-corrected chi connectivity index (χ3v) is 4.10. The summed E-state index contributed by atoms with van der Waals surface area (Å²) in [4.78, 5) is 12.8. The van der Waals surface area contributed by atoms with Gasteiger partial charge in [0.15, 0.2) is 0 Å². The second-order valence-corrected chi connectivity index (χ2v) is 5.48. The lowest BCUT2D eigenvalue weighted by Gasteiger charge is -2.07. The Kier molecular flexibility index (Phi) is 2.60. The number of anilines is 1. The summed E-state index contributed by atoms with van der Waals surface area (Å²) in [6.45, 7) is 0. The summed E-state index contributed by atoms with van der Waals surface area (Å²) in [5.74, 6) is -0.0731. The third kappa shape index (κ3) is 1.74. The zero-order valence-corrected chi connectivity index (χ0v) is 12.2. The van der Waals surface area contributed by atoms with Crippen LogP contribution >= 0.6 is 0 Å². The van der Waals surface area contributed by atoms with Crippen molar-refractivity contribution in [3.05, 3.63) is 66.5 Å². The number of para-hydroxylation sites is 1. The summed E-state index contributed by atoms with van der Waals surface area (Å²) in [6.07, 6.45) is 3.76. The fourth-order valence-electron chi connectivity index (χ4n) is 2.93. The highest BCUT2D eigenvalue weighted by Gasteiger charge is 2.14. The van der Waals surface area contributed by atoms with Crippen molar-refractivity contribution in [2.24, 2.45) is 7.05 Å². The Morgan fingerprint density at radius 3 is 2.68 bits per heavy atom. The Morgan fingerprint density at radius 1 is 1.00 bits per heavy atom. The van der Waals surface area contributed by atoms with Crippen LogP contribution in [0.4, 0.5) is 5.69 Å². The maximum Gasteiger partial charge on any atom is 0.262 e. The van der Waals surface area contributed by atoms with Gasteiger partial charge in [-0.15, -0.1) is 0 Å². The highest BCUT2D eigenvalue weighted by atomic mass is 16.2. The van der Waals surface area contributed by atoms with Crippen molar-refractivity contribution < 1.29 is 4.79 Å². The zero-order chi connectivity index (χ0) is 15.3. The van der Waals surface area contributed by atoms with Gasteiger partial charge in [0, 0.05) is 35.9 Å². The lowest BCUT2D eigenvalue weighted by atomic mass is 10.1. The van der Waals surface area contributed by atoms with Gasteiger partial charge in [0.2, 0.25) is 0 Å². The molecule has 0 unspecified atom stereocenters. The van der Waals surface area contributed by atoms with Crippen LogP contribution in [-0.4, -0.2) is 15.0 Å². The van der Waals surface area contributed by atoms with Crippen LogP contribution in [0, 0.1) is 0 Å². The minimum absolute atomic E-state index is 0.0731. The minimum atomic E-state index is -0.0731. The van der Waals surface area contributed by atoms with E-state index in [1.807, 2.05) is 66.3 Å². The second kappa shape index (κ2) is 4.49. The molecule has 0 bridgehead atoms. The molecular formula is C18H15N3O. The molecule has 0 aliphatic rings. The van der Waals surface area contributed by atoms with E-state index in [2.05, 4.69) is 0 Å². The van der Waals surface area contributed by atoms with Crippen LogP contribution in [0.3, 0.4) is 0 Å². The van der Waals surface area contributed by atoms with Crippen LogP contribution in [-0.2, 0) is 7.05 Å². The molecule has 2 N–H and O–H groups in total. The summed E-state index contributed by atoms with van der Waals surface area (Å²) in [6, 6.07) is 15.3. The van der Waals surface area contributed by atoms with E-state index in [0.717, 1.165) is 21.8 Å². The average molecular weight is 289 g/mol. The van der Waals surface area contributed by atoms with Crippen LogP contribution < -0.4 is 5.73 Å². The summed E-state index contributed by atoms with van der Waals surface area (Å²) in [5.41, 5.74) is 9.09. The lowest BCUT2D eigenvalue weighted by molar-refractivity contribution is 0.0965. The number of nitrogens with zero attached hydrogens (tertiary/aromatic N) is 2. The van der Waals surface area contributed by atoms with Crippen LogP contribution in [0.25, 0.3) is 21.8 Å². The smallest absolute Gasteiger partial charge is 0.262 e. The van der Waals surface area contributed by atoms with Crippen molar-refractivity contribution in [3.63, 3.8) is 0 Å². The standard InChI is InChI=1S/C18H15N3O/c1-20-9-7-12-5-6-14(11-16(12)20)18(22)21-10-8-13-3-2-4-15(19)17(13)21/h2-11H,19H2,1H3. The largest absolute Gasteiger partial charge is 0.397 e. The van der Waals surface area contributed by atoms with Crippen molar-refractivity contribution in [2.75, 3.05) is 5.73 Å². The molecule has 4 nitrogen and oxygen atoms in total. The number of rotatable bonds is 1. The van der Waals surface area contributed by atoms with Crippen LogP contribution in [0.15, 0.2) is 60.9 Å². The first-order chi connectivity index (χ1) is 10.6. The minimum Gasteiger partial charge on any atom is -0.397 e. The number of nitrogens with two attached hydrogens (primary N) is 1. The molecule has 2 heterocycles. The number of carbonyl (C=O) groups excluding carboxylic acids is 1. The monoisotopic (exact) mass is 289 g/mol. The molecule has 4 aromatic rings. The molecule has 0 radical (unpaired) electrons. The van der Waals surface area contributed by atoms with Crippen molar-refractivity contribution >= 4 is 33.4 Å². The van der Waals surface area contributed by atoms with Gasteiger partial charge in [-0.3, -0.25) is 9.36 Å². The molecule has 4 heteroatoms. The normalized spacial score (nSPS) is 11.3. The molecular weight excluding hydrogens is 274 g/mol. The molecule has 0 saturated carbocycles. The second-order valence-electron chi connectivity index (χ2n) is 5.48. The SMILES string of the molecule is Cn1ccc2ccc(C(=O)n3ccc4cccc(N)c43)cc21. The van der Waals surface area contributed by atoms with Crippen molar-refractivity contribution in [3.8, 4) is 0 Å². The van der Waals surface area contributed by atoms with Gasteiger partial charge in [0.1, 0.15) is 0 Å². The first-order valence-electron chi connectivity index (χ1n) is 7.10. The van der Waals surface area contributed by atoms with E-state index in [1.165, 1.54) is 0 Å². The maximum atomic E-state index is 12.8. The Balaban J connectivity index is 1.90. The summed E-state index contributed by atoms with van der Waals surface area (Å²) in [5, 5.41) is 2.09. The van der Waals surface area contributed by atoms with Gasteiger partial charge in [-0.1, -0.05) is 18.2 Å². The van der Waals surface area contributed by atoms with E-state index in [0.29, 0.717) is 11.3 Å². The van der Waals surface area contributed by atoms with Gasteiger partial charge in [0.05, 0.1) is 11.2 Å². The molecule has 108 valence electrons. The van der Waals surface area contributed by atoms with E-state index in [1.54, 1.807) is 10.8 Å². The highest BCUT2D eigenvalue weighted by Crippen LogP contribution is 2.24. The van der Waals surface area contributed by atoms with Crippen LogP contribution in [0.5, 0.6) is 0 Å². The molecule has 0 spiro atoms.